The van der Waals surface area contributed by atoms with Crippen molar-refractivity contribution >= 4 is 33.9 Å². The van der Waals surface area contributed by atoms with E-state index in [2.05, 4.69) is 27.2 Å². The molecule has 0 amide bonds. The highest BCUT2D eigenvalue weighted by Crippen LogP contribution is 2.34. The highest BCUT2D eigenvalue weighted by Gasteiger charge is 2.25. The topological polar surface area (TPSA) is 97.1 Å². The van der Waals surface area contributed by atoms with Gasteiger partial charge in [-0.3, -0.25) is 15.1 Å². The number of aromatic nitrogens is 3. The first-order valence-corrected chi connectivity index (χ1v) is 8.43. The molecule has 2 aromatic heterocycles. The molecule has 3 rings (SSSR count). The Labute approximate surface area is 151 Å². The molecule has 0 aliphatic rings. The second-order valence-corrected chi connectivity index (χ2v) is 5.93. The summed E-state index contributed by atoms with van der Waals surface area (Å²) >= 11 is 0. The third kappa shape index (κ3) is 3.53. The van der Waals surface area contributed by atoms with Crippen molar-refractivity contribution in [1.82, 2.24) is 15.0 Å². The number of fused-ring (bicyclic) bond motifs is 1. The molecule has 8 heteroatoms. The van der Waals surface area contributed by atoms with Gasteiger partial charge < -0.3 is 10.2 Å². The molecule has 1 aromatic carbocycles. The number of nitro groups is 1. The SMILES string of the molecule is CCCCN(C)c1ncnc(Nc2cccc3cccnc23)c1[N+](=O)[O-]. The van der Waals surface area contributed by atoms with E-state index < -0.39 is 4.92 Å². The van der Waals surface area contributed by atoms with Gasteiger partial charge in [0, 0.05) is 25.2 Å². The Balaban J connectivity index is 2.03. The van der Waals surface area contributed by atoms with Gasteiger partial charge in [0.2, 0.25) is 11.6 Å². The maximum absolute atomic E-state index is 11.7. The van der Waals surface area contributed by atoms with Crippen molar-refractivity contribution in [3.8, 4) is 0 Å². The Morgan fingerprint density at radius 2 is 2.00 bits per heavy atom. The molecule has 0 radical (unpaired) electrons. The second kappa shape index (κ2) is 7.73. The van der Waals surface area contributed by atoms with Gasteiger partial charge in [0.15, 0.2) is 0 Å². The highest BCUT2D eigenvalue weighted by molar-refractivity contribution is 5.92. The summed E-state index contributed by atoms with van der Waals surface area (Å²) < 4.78 is 0. The molecular weight excluding hydrogens is 332 g/mol. The summed E-state index contributed by atoms with van der Waals surface area (Å²) in [5, 5.41) is 15.7. The summed E-state index contributed by atoms with van der Waals surface area (Å²) in [7, 11) is 1.80. The van der Waals surface area contributed by atoms with E-state index in [4.69, 9.17) is 0 Å². The standard InChI is InChI=1S/C18H20N6O2/c1-3-4-11-23(2)18-16(24(25)26)17(20-12-21-18)22-14-9-5-7-13-8-6-10-19-15(13)14/h5-10,12H,3-4,11H2,1-2H3,(H,20,21,22). The van der Waals surface area contributed by atoms with E-state index in [1.807, 2.05) is 30.3 Å². The van der Waals surface area contributed by atoms with Crippen molar-refractivity contribution in [2.24, 2.45) is 0 Å². The maximum atomic E-state index is 11.7. The Morgan fingerprint density at radius 3 is 2.77 bits per heavy atom. The first-order chi connectivity index (χ1) is 12.6. The highest BCUT2D eigenvalue weighted by atomic mass is 16.6. The molecule has 3 aromatic rings. The van der Waals surface area contributed by atoms with Gasteiger partial charge in [-0.25, -0.2) is 9.97 Å². The van der Waals surface area contributed by atoms with E-state index in [1.54, 1.807) is 18.1 Å². The van der Waals surface area contributed by atoms with Gasteiger partial charge in [0.25, 0.3) is 0 Å². The van der Waals surface area contributed by atoms with E-state index >= 15 is 0 Å². The number of para-hydroxylation sites is 1. The van der Waals surface area contributed by atoms with Crippen LogP contribution in [0.2, 0.25) is 0 Å². The van der Waals surface area contributed by atoms with E-state index in [9.17, 15) is 10.1 Å². The lowest BCUT2D eigenvalue weighted by molar-refractivity contribution is -0.383. The normalized spacial score (nSPS) is 10.7. The molecule has 0 saturated heterocycles. The van der Waals surface area contributed by atoms with E-state index in [0.29, 0.717) is 18.1 Å². The summed E-state index contributed by atoms with van der Waals surface area (Å²) in [6, 6.07) is 9.41. The van der Waals surface area contributed by atoms with Crippen LogP contribution in [0.15, 0.2) is 42.9 Å². The first kappa shape index (κ1) is 17.5. The van der Waals surface area contributed by atoms with Gasteiger partial charge in [0.1, 0.15) is 6.33 Å². The summed E-state index contributed by atoms with van der Waals surface area (Å²) in [6.45, 7) is 2.76. The van der Waals surface area contributed by atoms with Gasteiger partial charge in [0.05, 0.1) is 16.1 Å². The van der Waals surface area contributed by atoms with Crippen LogP contribution in [-0.4, -0.2) is 33.5 Å². The molecule has 8 nitrogen and oxygen atoms in total. The number of benzene rings is 1. The van der Waals surface area contributed by atoms with Gasteiger partial charge >= 0.3 is 5.69 Å². The molecule has 26 heavy (non-hydrogen) atoms. The molecule has 0 aliphatic carbocycles. The minimum Gasteiger partial charge on any atom is -0.354 e. The van der Waals surface area contributed by atoms with E-state index in [-0.39, 0.29) is 11.5 Å². The van der Waals surface area contributed by atoms with Gasteiger partial charge in [-0.05, 0) is 18.6 Å². The van der Waals surface area contributed by atoms with Crippen LogP contribution in [0.3, 0.4) is 0 Å². The summed E-state index contributed by atoms with van der Waals surface area (Å²) in [5.74, 6) is 0.454. The Bertz CT molecular complexity index is 925. The van der Waals surface area contributed by atoms with Gasteiger partial charge in [-0.1, -0.05) is 31.5 Å². The van der Waals surface area contributed by atoms with Crippen LogP contribution in [0, 0.1) is 10.1 Å². The summed E-state index contributed by atoms with van der Waals surface area (Å²) in [5.41, 5.74) is 1.25. The van der Waals surface area contributed by atoms with Crippen LogP contribution in [0.4, 0.5) is 23.0 Å². The summed E-state index contributed by atoms with van der Waals surface area (Å²) in [6.07, 6.45) is 4.95. The quantitative estimate of drug-likeness (QED) is 0.508. The van der Waals surface area contributed by atoms with Crippen LogP contribution in [0.5, 0.6) is 0 Å². The summed E-state index contributed by atoms with van der Waals surface area (Å²) in [4.78, 5) is 25.7. The number of nitrogens with zero attached hydrogens (tertiary/aromatic N) is 5. The fourth-order valence-electron chi connectivity index (χ4n) is 2.74. The van der Waals surface area contributed by atoms with Crippen LogP contribution in [-0.2, 0) is 0 Å². The van der Waals surface area contributed by atoms with Crippen molar-refractivity contribution < 1.29 is 4.92 Å². The average Bonchev–Trinajstić information content (AvgIpc) is 2.66. The van der Waals surface area contributed by atoms with Crippen LogP contribution in [0.25, 0.3) is 10.9 Å². The molecule has 134 valence electrons. The minimum atomic E-state index is -0.446. The first-order valence-electron chi connectivity index (χ1n) is 8.43. The smallest absolute Gasteiger partial charge is 0.353 e. The lowest BCUT2D eigenvalue weighted by Gasteiger charge is -2.18. The number of nitrogens with one attached hydrogen (secondary N) is 1. The third-order valence-electron chi connectivity index (χ3n) is 4.08. The van der Waals surface area contributed by atoms with Crippen molar-refractivity contribution in [1.29, 1.82) is 0 Å². The zero-order valence-electron chi connectivity index (χ0n) is 14.7. The maximum Gasteiger partial charge on any atom is 0.353 e. The molecule has 2 heterocycles. The Morgan fingerprint density at radius 1 is 1.19 bits per heavy atom. The largest absolute Gasteiger partial charge is 0.354 e. The minimum absolute atomic E-state index is 0.140. The van der Waals surface area contributed by atoms with Crippen molar-refractivity contribution in [2.75, 3.05) is 23.8 Å². The fourth-order valence-corrected chi connectivity index (χ4v) is 2.74. The van der Waals surface area contributed by atoms with Crippen LogP contribution in [0.1, 0.15) is 19.8 Å². The molecule has 0 saturated carbocycles. The number of hydrogen-bond acceptors (Lipinski definition) is 7. The number of unbranched alkanes of at least 4 members (excludes halogenated alkanes) is 1. The number of rotatable bonds is 7. The number of pyridine rings is 1. The zero-order valence-corrected chi connectivity index (χ0v) is 14.7. The Kier molecular flexibility index (Phi) is 5.21. The zero-order chi connectivity index (χ0) is 18.5. The van der Waals surface area contributed by atoms with Crippen LogP contribution < -0.4 is 10.2 Å². The molecule has 0 bridgehead atoms. The lowest BCUT2D eigenvalue weighted by Crippen LogP contribution is -2.21. The average molecular weight is 352 g/mol. The predicted octanol–water partition coefficient (Wildman–Crippen LogP) is 3.91. The molecule has 1 N–H and O–H groups in total. The number of anilines is 3. The lowest BCUT2D eigenvalue weighted by atomic mass is 10.2. The van der Waals surface area contributed by atoms with Crippen molar-refractivity contribution in [2.45, 2.75) is 19.8 Å². The molecular formula is C18H20N6O2. The molecule has 0 spiro atoms. The van der Waals surface area contributed by atoms with Crippen LogP contribution >= 0.6 is 0 Å². The molecule has 0 unspecified atom stereocenters. The third-order valence-corrected chi connectivity index (χ3v) is 4.08. The number of hydrogen-bond donors (Lipinski definition) is 1. The fraction of sp³-hybridized carbons (Fsp3) is 0.278. The van der Waals surface area contributed by atoms with Gasteiger partial charge in [-0.2, -0.15) is 0 Å². The van der Waals surface area contributed by atoms with Crippen molar-refractivity contribution in [3.63, 3.8) is 0 Å². The Hall–Kier alpha value is -3.29. The molecule has 0 fully saturated rings. The predicted molar refractivity (Wildman–Crippen MR) is 102 cm³/mol. The molecule has 0 aliphatic heterocycles. The monoisotopic (exact) mass is 352 g/mol. The van der Waals surface area contributed by atoms with Crippen molar-refractivity contribution in [3.05, 3.63) is 53.0 Å². The second-order valence-electron chi connectivity index (χ2n) is 5.93. The molecule has 0 atom stereocenters. The van der Waals surface area contributed by atoms with E-state index in [0.717, 1.165) is 23.7 Å². The van der Waals surface area contributed by atoms with E-state index in [1.165, 1.54) is 6.33 Å². The van der Waals surface area contributed by atoms with Gasteiger partial charge in [-0.15, -0.1) is 0 Å².